The van der Waals surface area contributed by atoms with E-state index in [9.17, 15) is 13.9 Å². The molecule has 5 nitrogen and oxygen atoms in total. The number of H-pyrrole nitrogens is 1. The number of halogens is 2. The topological polar surface area (TPSA) is 84.2 Å². The number of benzene rings is 1. The fraction of sp³-hybridized carbons (Fsp3) is 0.100. The molecule has 0 aliphatic rings. The predicted octanol–water partition coefficient (Wildman–Crippen LogP) is 1.65. The Morgan fingerprint density at radius 2 is 2.06 bits per heavy atom. The summed E-state index contributed by atoms with van der Waals surface area (Å²) >= 11 is 0. The van der Waals surface area contributed by atoms with Crippen LogP contribution in [0.1, 0.15) is 0 Å². The molecular weight excluding hydrogens is 232 g/mol. The van der Waals surface area contributed by atoms with Crippen molar-refractivity contribution >= 4 is 5.82 Å². The van der Waals surface area contributed by atoms with Gasteiger partial charge in [-0.2, -0.15) is 5.10 Å². The van der Waals surface area contributed by atoms with E-state index in [0.29, 0.717) is 6.07 Å². The van der Waals surface area contributed by atoms with Gasteiger partial charge in [-0.15, -0.1) is 0 Å². The van der Waals surface area contributed by atoms with E-state index in [-0.39, 0.29) is 17.1 Å². The minimum absolute atomic E-state index is 0.127. The van der Waals surface area contributed by atoms with Gasteiger partial charge in [0.2, 0.25) is 0 Å². The van der Waals surface area contributed by atoms with Crippen molar-refractivity contribution in [1.82, 2.24) is 10.2 Å². The molecule has 0 atom stereocenters. The van der Waals surface area contributed by atoms with Crippen molar-refractivity contribution < 1.29 is 18.6 Å². The van der Waals surface area contributed by atoms with Crippen molar-refractivity contribution in [2.24, 2.45) is 0 Å². The van der Waals surface area contributed by atoms with Gasteiger partial charge in [-0.3, -0.25) is 5.10 Å². The van der Waals surface area contributed by atoms with Gasteiger partial charge in [0.25, 0.3) is 0 Å². The Hall–Kier alpha value is -2.31. The molecule has 0 aliphatic carbocycles. The van der Waals surface area contributed by atoms with Crippen LogP contribution in [0, 0.1) is 11.6 Å². The Morgan fingerprint density at radius 1 is 1.35 bits per heavy atom. The number of phenolic OH excluding ortho intramolecular Hbond substituents is 1. The molecule has 0 amide bonds. The number of anilines is 1. The number of nitrogens with zero attached hydrogens (tertiary/aromatic N) is 1. The summed E-state index contributed by atoms with van der Waals surface area (Å²) in [7, 11) is 1.17. The third kappa shape index (κ3) is 1.75. The van der Waals surface area contributed by atoms with Gasteiger partial charge in [0, 0.05) is 12.1 Å². The van der Waals surface area contributed by atoms with Gasteiger partial charge < -0.3 is 15.6 Å². The van der Waals surface area contributed by atoms with Crippen molar-refractivity contribution in [3.63, 3.8) is 0 Å². The highest BCUT2D eigenvalue weighted by molar-refractivity contribution is 5.72. The van der Waals surface area contributed by atoms with Crippen LogP contribution in [0.25, 0.3) is 11.3 Å². The van der Waals surface area contributed by atoms with E-state index in [4.69, 9.17) is 5.73 Å². The molecule has 7 heteroatoms. The van der Waals surface area contributed by atoms with E-state index in [0.717, 1.165) is 0 Å². The van der Waals surface area contributed by atoms with Crippen LogP contribution in [0.2, 0.25) is 0 Å². The third-order valence-electron chi connectivity index (χ3n) is 2.23. The van der Waals surface area contributed by atoms with Crippen LogP contribution in [-0.2, 0) is 0 Å². The molecule has 0 spiro atoms. The molecule has 4 N–H and O–H groups in total. The number of ether oxygens (including phenoxy) is 1. The van der Waals surface area contributed by atoms with Crippen molar-refractivity contribution in [2.75, 3.05) is 12.8 Å². The van der Waals surface area contributed by atoms with Crippen molar-refractivity contribution in [2.45, 2.75) is 0 Å². The zero-order valence-corrected chi connectivity index (χ0v) is 8.79. The van der Waals surface area contributed by atoms with Crippen molar-refractivity contribution in [3.8, 4) is 22.8 Å². The molecule has 0 unspecified atom stereocenters. The maximum atomic E-state index is 13.6. The van der Waals surface area contributed by atoms with E-state index in [2.05, 4.69) is 14.9 Å². The summed E-state index contributed by atoms with van der Waals surface area (Å²) in [5, 5.41) is 15.7. The van der Waals surface area contributed by atoms with Crippen molar-refractivity contribution in [3.05, 3.63) is 23.8 Å². The maximum Gasteiger partial charge on any atom is 0.197 e. The lowest BCUT2D eigenvalue weighted by Crippen LogP contribution is -1.94. The van der Waals surface area contributed by atoms with Gasteiger partial charge in [-0.25, -0.2) is 8.78 Å². The summed E-state index contributed by atoms with van der Waals surface area (Å²) in [5.41, 5.74) is 5.26. The smallest absolute Gasteiger partial charge is 0.197 e. The van der Waals surface area contributed by atoms with Crippen LogP contribution < -0.4 is 10.5 Å². The Kier molecular flexibility index (Phi) is 2.58. The van der Waals surface area contributed by atoms with Crippen LogP contribution in [-0.4, -0.2) is 22.4 Å². The quantitative estimate of drug-likeness (QED) is 0.746. The minimum Gasteiger partial charge on any atom is -0.504 e. The van der Waals surface area contributed by atoms with Crippen molar-refractivity contribution in [1.29, 1.82) is 0 Å². The van der Waals surface area contributed by atoms with E-state index >= 15 is 0 Å². The molecule has 0 saturated heterocycles. The molecular formula is C10H9F2N3O2. The number of nitrogens with one attached hydrogen (secondary N) is 1. The summed E-state index contributed by atoms with van der Waals surface area (Å²) in [6, 6.07) is 1.93. The SMILES string of the molecule is COc1c(F)cc(F)c(-c2cc(N)n[nH]2)c1O. The fourth-order valence-electron chi connectivity index (χ4n) is 1.50. The van der Waals surface area contributed by atoms with Gasteiger partial charge >= 0.3 is 0 Å². The standard InChI is InChI=1S/C10H9F2N3O2/c1-17-10-5(12)2-4(11)8(9(10)16)6-3-7(13)15-14-6/h2-3,16H,1H3,(H3,13,14,15). The highest BCUT2D eigenvalue weighted by atomic mass is 19.1. The Labute approximate surface area is 94.8 Å². The molecule has 90 valence electrons. The molecule has 0 aliphatic heterocycles. The zero-order valence-electron chi connectivity index (χ0n) is 8.79. The summed E-state index contributed by atoms with van der Waals surface area (Å²) in [4.78, 5) is 0. The first-order chi connectivity index (χ1) is 8.04. The largest absolute Gasteiger partial charge is 0.504 e. The number of aromatic nitrogens is 2. The molecule has 0 bridgehead atoms. The first kappa shape index (κ1) is 11.2. The lowest BCUT2D eigenvalue weighted by Gasteiger charge is -2.09. The Bertz CT molecular complexity index is 569. The van der Waals surface area contributed by atoms with E-state index in [1.807, 2.05) is 0 Å². The summed E-state index contributed by atoms with van der Waals surface area (Å²) in [6.07, 6.45) is 0. The van der Waals surface area contributed by atoms with Gasteiger partial charge in [-0.1, -0.05) is 0 Å². The maximum absolute atomic E-state index is 13.6. The second kappa shape index (κ2) is 3.93. The molecule has 17 heavy (non-hydrogen) atoms. The molecule has 1 aromatic heterocycles. The number of phenols is 1. The predicted molar refractivity (Wildman–Crippen MR) is 56.6 cm³/mol. The molecule has 0 fully saturated rings. The monoisotopic (exact) mass is 241 g/mol. The molecule has 0 saturated carbocycles. The number of hydrogen-bond acceptors (Lipinski definition) is 4. The Balaban J connectivity index is 2.69. The van der Waals surface area contributed by atoms with Gasteiger partial charge in [0.1, 0.15) is 11.6 Å². The van der Waals surface area contributed by atoms with Gasteiger partial charge in [-0.05, 0) is 0 Å². The number of rotatable bonds is 2. The van der Waals surface area contributed by atoms with E-state index < -0.39 is 23.1 Å². The molecule has 2 aromatic rings. The lowest BCUT2D eigenvalue weighted by atomic mass is 10.1. The first-order valence-electron chi connectivity index (χ1n) is 4.60. The number of nitrogen functional groups attached to an aromatic ring is 1. The average Bonchev–Trinajstić information content (AvgIpc) is 2.64. The van der Waals surface area contributed by atoms with Crippen LogP contribution in [0.4, 0.5) is 14.6 Å². The third-order valence-corrected chi connectivity index (χ3v) is 2.23. The summed E-state index contributed by atoms with van der Waals surface area (Å²) in [6.45, 7) is 0. The van der Waals surface area contributed by atoms with Crippen LogP contribution in [0.5, 0.6) is 11.5 Å². The molecule has 1 aromatic carbocycles. The van der Waals surface area contributed by atoms with Gasteiger partial charge in [0.05, 0.1) is 18.4 Å². The molecule has 2 rings (SSSR count). The number of nitrogens with two attached hydrogens (primary N) is 1. The number of aromatic amines is 1. The Morgan fingerprint density at radius 3 is 2.59 bits per heavy atom. The van der Waals surface area contributed by atoms with E-state index in [1.165, 1.54) is 13.2 Å². The highest BCUT2D eigenvalue weighted by Gasteiger charge is 2.21. The zero-order chi connectivity index (χ0) is 12.6. The second-order valence-electron chi connectivity index (χ2n) is 3.30. The lowest BCUT2D eigenvalue weighted by molar-refractivity contribution is 0.349. The van der Waals surface area contributed by atoms with Crippen LogP contribution >= 0.6 is 0 Å². The normalized spacial score (nSPS) is 10.5. The average molecular weight is 241 g/mol. The summed E-state index contributed by atoms with van der Waals surface area (Å²) < 4.78 is 31.5. The number of hydrogen-bond donors (Lipinski definition) is 3. The number of aromatic hydroxyl groups is 1. The molecule has 1 heterocycles. The highest BCUT2D eigenvalue weighted by Crippen LogP contribution is 2.40. The minimum atomic E-state index is -0.987. The first-order valence-corrected chi connectivity index (χ1v) is 4.60. The van der Waals surface area contributed by atoms with Gasteiger partial charge in [0.15, 0.2) is 17.3 Å². The van der Waals surface area contributed by atoms with Crippen LogP contribution in [0.15, 0.2) is 12.1 Å². The fourth-order valence-corrected chi connectivity index (χ4v) is 1.50. The van der Waals surface area contributed by atoms with E-state index in [1.54, 1.807) is 0 Å². The van der Waals surface area contributed by atoms with Crippen LogP contribution in [0.3, 0.4) is 0 Å². The second-order valence-corrected chi connectivity index (χ2v) is 3.30. The molecule has 0 radical (unpaired) electrons. The number of methoxy groups -OCH3 is 1. The summed E-state index contributed by atoms with van der Waals surface area (Å²) in [5.74, 6) is -2.88.